The lowest BCUT2D eigenvalue weighted by Gasteiger charge is -2.30. The molecule has 6 rings (SSSR count). The third-order valence-electron chi connectivity index (χ3n) is 9.66. The number of nitrogens with zero attached hydrogens (tertiary/aromatic N) is 2. The van der Waals surface area contributed by atoms with Crippen molar-refractivity contribution in [1.82, 2.24) is 19.8 Å². The van der Waals surface area contributed by atoms with Crippen molar-refractivity contribution >= 4 is 39.8 Å². The number of nitrogens with one attached hydrogen (secondary N) is 2. The molecule has 2 saturated carbocycles. The van der Waals surface area contributed by atoms with Gasteiger partial charge in [-0.3, -0.25) is 24.0 Å². The molecule has 0 spiro atoms. The molecule has 2 unspecified atom stereocenters. The molecular weight excluding hydrogens is 695 g/mol. The summed E-state index contributed by atoms with van der Waals surface area (Å²) in [5.41, 5.74) is -5.08. The molecule has 0 aromatic heterocycles. The van der Waals surface area contributed by atoms with Gasteiger partial charge in [-0.1, -0.05) is 44.1 Å². The molecule has 4 amide bonds. The molecule has 0 bridgehead atoms. The highest BCUT2D eigenvalue weighted by Gasteiger charge is 2.62. The molecule has 1 aromatic carbocycles. The van der Waals surface area contributed by atoms with Crippen LogP contribution < -0.4 is 10.0 Å². The molecule has 3 heterocycles. The first-order valence-electron chi connectivity index (χ1n) is 22.6. The van der Waals surface area contributed by atoms with Crippen LogP contribution in [0.3, 0.4) is 0 Å². The molecule has 284 valence electrons. The number of carbonyl (C=O) groups is 5. The Morgan fingerprint density at radius 2 is 1.94 bits per heavy atom. The van der Waals surface area contributed by atoms with Crippen molar-refractivity contribution in [1.29, 1.82) is 0 Å². The van der Waals surface area contributed by atoms with Crippen molar-refractivity contribution < 1.29 is 61.3 Å². The number of carbonyl (C=O) groups excluding carboxylic acids is 5. The summed E-state index contributed by atoms with van der Waals surface area (Å²) in [6.07, 6.45) is -3.65. The minimum Gasteiger partial charge on any atom is -0.444 e. The zero-order chi connectivity index (χ0) is 47.3. The Morgan fingerprint density at radius 3 is 2.65 bits per heavy atom. The summed E-state index contributed by atoms with van der Waals surface area (Å²) in [4.78, 5) is 71.1. The predicted molar refractivity (Wildman–Crippen MR) is 186 cm³/mol. The average Bonchev–Trinajstić information content (AvgIpc) is 3.75. The van der Waals surface area contributed by atoms with Crippen LogP contribution in [0, 0.1) is 23.0 Å². The van der Waals surface area contributed by atoms with E-state index in [0.29, 0.717) is 25.7 Å². The first-order valence-corrected chi connectivity index (χ1v) is 18.6. The topological polar surface area (TPSA) is 168 Å². The van der Waals surface area contributed by atoms with Crippen molar-refractivity contribution in [2.24, 2.45) is 17.2 Å². The Hall–Kier alpha value is -4.01. The van der Waals surface area contributed by atoms with Gasteiger partial charge >= 0.3 is 12.2 Å². The minimum absolute atomic E-state index is 0.0463. The fourth-order valence-corrected chi connectivity index (χ4v) is 8.10. The average molecular weight is 756 g/mol. The molecule has 1 aromatic rings. The maximum absolute atomic E-state index is 14.9. The highest BCUT2D eigenvalue weighted by atomic mass is 32.2. The Morgan fingerprint density at radius 1 is 1.17 bits per heavy atom. The van der Waals surface area contributed by atoms with Crippen LogP contribution in [-0.4, -0.2) is 83.6 Å². The number of halogens is 1. The molecule has 2 N–H and O–H groups in total. The largest absolute Gasteiger partial charge is 0.444 e. The predicted octanol–water partition coefficient (Wildman–Crippen LogP) is 4.48. The van der Waals surface area contributed by atoms with Gasteiger partial charge in [0.1, 0.15) is 23.6 Å². The van der Waals surface area contributed by atoms with E-state index in [1.54, 1.807) is 16.9 Å². The Kier molecular flexibility index (Phi) is 7.18. The van der Waals surface area contributed by atoms with Crippen molar-refractivity contribution in [3.05, 3.63) is 47.3 Å². The zero-order valence-electron chi connectivity index (χ0n) is 39.9. The standard InChI is InChI=1S/C37H49FN4O9S/c1-22-15-31(22)52(48,49)40-33(45)37-17-24(37)12-8-6-5-7-9-14-28(39-34(46)51-36(2,3)4)32(44)42-20-25(16-29(42)30(43)18-37)50-35(47)41-19-23-11-10-13-27(38)26(23)21-41/h8,10-13,22,24-25,28-29,31H,5-7,9,14-21H2,1-4H3,(H,39,46)(H,40,45)/b12-8-/t22?,24-,25+,28-,29-,31?,37+/m0/s1/i2D3,15D2,19D2,21D2,22D,31D. The Bertz CT molecular complexity index is 2230. The van der Waals surface area contributed by atoms with E-state index in [2.05, 4.69) is 5.32 Å². The summed E-state index contributed by atoms with van der Waals surface area (Å²) < 4.78 is 144. The molecule has 7 atom stereocenters. The number of Topliss-reactive ketones (excluding diaryl/α,β-unsaturated/α-hetero) is 1. The molecule has 2 aliphatic carbocycles. The third-order valence-corrected chi connectivity index (χ3v) is 11.1. The lowest BCUT2D eigenvalue weighted by atomic mass is 9.91. The molecule has 3 fully saturated rings. The van der Waals surface area contributed by atoms with Crippen molar-refractivity contribution in [2.45, 2.75) is 127 Å². The van der Waals surface area contributed by atoms with Crippen LogP contribution in [-0.2, 0) is 46.9 Å². The zero-order valence-corrected chi connectivity index (χ0v) is 29.7. The maximum Gasteiger partial charge on any atom is 0.410 e. The Balaban J connectivity index is 1.33. The number of fused-ring (bicyclic) bond motifs is 3. The van der Waals surface area contributed by atoms with Crippen LogP contribution in [0.15, 0.2) is 30.4 Å². The fourth-order valence-electron chi connectivity index (χ4n) is 6.86. The SMILES string of the molecule is [2H]C1([2H])c2cccc(F)c2C([2H])([2H])N1C(=O)O[C@@H]1C[C@H]2C(=O)C[C@]3(C(=O)NS(=O)(=O)C4([2H])C([2H])([2H])C4([2H])C)C[C@@H]3/C=C\CCCCC[C@H](NC(=O)OC(C)(C)C([2H])([2H])[2H])C(=O)N2C1. The van der Waals surface area contributed by atoms with Gasteiger partial charge < -0.3 is 19.7 Å². The highest BCUT2D eigenvalue weighted by Crippen LogP contribution is 2.57. The van der Waals surface area contributed by atoms with Gasteiger partial charge in [0, 0.05) is 34.5 Å². The van der Waals surface area contributed by atoms with Crippen LogP contribution in [0.25, 0.3) is 0 Å². The van der Waals surface area contributed by atoms with E-state index in [1.165, 1.54) is 0 Å². The first kappa shape index (κ1) is 25.9. The van der Waals surface area contributed by atoms with Gasteiger partial charge in [0.2, 0.25) is 21.8 Å². The summed E-state index contributed by atoms with van der Waals surface area (Å²) in [6.45, 7) is -6.27. The smallest absolute Gasteiger partial charge is 0.410 e. The van der Waals surface area contributed by atoms with E-state index < -0.39 is 149 Å². The number of hydrogen-bond donors (Lipinski definition) is 2. The number of benzene rings is 1. The molecule has 0 radical (unpaired) electrons. The van der Waals surface area contributed by atoms with E-state index >= 15 is 0 Å². The van der Waals surface area contributed by atoms with E-state index in [-0.39, 0.29) is 17.7 Å². The van der Waals surface area contributed by atoms with Crippen LogP contribution in [0.4, 0.5) is 14.0 Å². The number of ether oxygens (including phenoxy) is 2. The van der Waals surface area contributed by atoms with Crippen LogP contribution >= 0.6 is 0 Å². The van der Waals surface area contributed by atoms with Gasteiger partial charge in [-0.15, -0.1) is 0 Å². The summed E-state index contributed by atoms with van der Waals surface area (Å²) in [5, 5.41) is -0.710. The summed E-state index contributed by atoms with van der Waals surface area (Å²) >= 11 is 0. The van der Waals surface area contributed by atoms with Crippen LogP contribution in [0.2, 0.25) is 0 Å². The van der Waals surface area contributed by atoms with Gasteiger partial charge in [-0.25, -0.2) is 22.4 Å². The monoisotopic (exact) mass is 755 g/mol. The van der Waals surface area contributed by atoms with Gasteiger partial charge in [0.05, 0.1) is 35.2 Å². The normalized spacial score (nSPS) is 40.3. The number of hydrogen-bond acceptors (Lipinski definition) is 9. The van der Waals surface area contributed by atoms with Gasteiger partial charge in [-0.05, 0) is 76.2 Å². The maximum atomic E-state index is 14.9. The lowest BCUT2D eigenvalue weighted by Crippen LogP contribution is -2.53. The molecule has 3 aliphatic heterocycles. The van der Waals surface area contributed by atoms with Gasteiger partial charge in [0.25, 0.3) is 0 Å². The first-order chi connectivity index (χ1) is 28.7. The number of sulfonamides is 1. The highest BCUT2D eigenvalue weighted by molar-refractivity contribution is 7.91. The number of rotatable bonds is 5. The number of ketones is 1. The molecule has 15 heteroatoms. The molecule has 5 aliphatic rings. The van der Waals surface area contributed by atoms with E-state index in [9.17, 15) is 36.8 Å². The second-order valence-electron chi connectivity index (χ2n) is 14.3. The van der Waals surface area contributed by atoms with Crippen molar-refractivity contribution in [3.63, 3.8) is 0 Å². The third kappa shape index (κ3) is 8.29. The van der Waals surface area contributed by atoms with Crippen molar-refractivity contribution in [3.8, 4) is 0 Å². The fraction of sp³-hybridized carbons (Fsp3) is 0.649. The summed E-state index contributed by atoms with van der Waals surface area (Å²) in [7, 11) is -5.21. The van der Waals surface area contributed by atoms with Crippen molar-refractivity contribution in [2.75, 3.05) is 6.54 Å². The van der Waals surface area contributed by atoms with E-state index in [0.717, 1.165) is 43.9 Å². The molecule has 1 saturated heterocycles. The molecular formula is C37H49FN4O9S. The number of alkyl carbamates (subject to hydrolysis) is 1. The minimum atomic E-state index is -5.21. The van der Waals surface area contributed by atoms with Crippen LogP contribution in [0.5, 0.6) is 0 Å². The summed E-state index contributed by atoms with van der Waals surface area (Å²) in [6, 6.07) is 0.0366. The second kappa shape index (κ2) is 14.4. The second-order valence-corrected chi connectivity index (χ2v) is 15.9. The molecule has 13 nitrogen and oxygen atoms in total. The van der Waals surface area contributed by atoms with E-state index in [1.807, 2.05) is 0 Å². The van der Waals surface area contributed by atoms with Gasteiger partial charge in [0.15, 0.2) is 5.78 Å². The van der Waals surface area contributed by atoms with Gasteiger partial charge in [-0.2, -0.15) is 0 Å². The Labute approximate surface area is 319 Å². The lowest BCUT2D eigenvalue weighted by molar-refractivity contribution is -0.140. The number of allylic oxidation sites excluding steroid dienone is 2. The van der Waals surface area contributed by atoms with Crippen LogP contribution in [0.1, 0.15) is 112 Å². The summed E-state index contributed by atoms with van der Waals surface area (Å²) in [5.74, 6) is -7.44. The molecule has 52 heavy (non-hydrogen) atoms. The quantitative estimate of drug-likeness (QED) is 0.412. The van der Waals surface area contributed by atoms with E-state index in [4.69, 9.17) is 24.6 Å². The number of amides is 4.